The van der Waals surface area contributed by atoms with E-state index in [1.54, 1.807) is 36.5 Å². The van der Waals surface area contributed by atoms with Crippen molar-refractivity contribution >= 4 is 15.9 Å². The zero-order valence-corrected chi connectivity index (χ0v) is 17.2. The summed E-state index contributed by atoms with van der Waals surface area (Å²) in [7, 11) is -3.60. The summed E-state index contributed by atoms with van der Waals surface area (Å²) in [5, 5.41) is 0. The Morgan fingerprint density at radius 1 is 1.28 bits per heavy atom. The second-order valence-corrected chi connectivity index (χ2v) is 8.49. The molecule has 10 heteroatoms. The predicted octanol–water partition coefficient (Wildman–Crippen LogP) is 0.878. The van der Waals surface area contributed by atoms with Gasteiger partial charge in [0.1, 0.15) is 5.75 Å². The van der Waals surface area contributed by atoms with Crippen LogP contribution in [-0.2, 0) is 26.1 Å². The van der Waals surface area contributed by atoms with Gasteiger partial charge in [0, 0.05) is 38.6 Å². The zero-order valence-electron chi connectivity index (χ0n) is 16.4. The van der Waals surface area contributed by atoms with Gasteiger partial charge in [-0.25, -0.2) is 18.1 Å². The Hall–Kier alpha value is -2.43. The standard InChI is InChI=1S/C19H26N4O5S/c1-16(19(24)23-11-13-27-14-12-23)28-17-3-5-18(6-4-17)29(25,26)21-7-2-9-22-10-8-20-15-22/h3-6,8,10,15-16,21H,2,7,9,11-14H2,1H3/t16-/m0/s1. The van der Waals surface area contributed by atoms with E-state index in [1.807, 2.05) is 10.8 Å². The number of sulfonamides is 1. The van der Waals surface area contributed by atoms with Crippen molar-refractivity contribution in [1.82, 2.24) is 19.2 Å². The van der Waals surface area contributed by atoms with E-state index in [1.165, 1.54) is 12.1 Å². The molecule has 1 saturated heterocycles. The van der Waals surface area contributed by atoms with Crippen LogP contribution in [0.5, 0.6) is 5.75 Å². The van der Waals surface area contributed by atoms with Crippen molar-refractivity contribution in [2.75, 3.05) is 32.8 Å². The fraction of sp³-hybridized carbons (Fsp3) is 0.474. The second-order valence-electron chi connectivity index (χ2n) is 6.72. The number of benzene rings is 1. The molecule has 1 aromatic heterocycles. The Balaban J connectivity index is 1.49. The minimum absolute atomic E-state index is 0.107. The molecule has 1 aromatic carbocycles. The van der Waals surface area contributed by atoms with Gasteiger partial charge in [0.15, 0.2) is 6.10 Å². The van der Waals surface area contributed by atoms with Gasteiger partial charge in [0.25, 0.3) is 5.91 Å². The number of hydrogen-bond donors (Lipinski definition) is 1. The Morgan fingerprint density at radius 3 is 2.66 bits per heavy atom. The largest absolute Gasteiger partial charge is 0.481 e. The van der Waals surface area contributed by atoms with Crippen LogP contribution in [0.25, 0.3) is 0 Å². The van der Waals surface area contributed by atoms with Gasteiger partial charge in [-0.3, -0.25) is 4.79 Å². The van der Waals surface area contributed by atoms with Gasteiger partial charge in [-0.05, 0) is 37.6 Å². The Bertz CT molecular complexity index is 878. The lowest BCUT2D eigenvalue weighted by Gasteiger charge is -2.29. The lowest BCUT2D eigenvalue weighted by Crippen LogP contribution is -2.46. The summed E-state index contributed by atoms with van der Waals surface area (Å²) in [6.07, 6.45) is 5.20. The van der Waals surface area contributed by atoms with Crippen molar-refractivity contribution in [1.29, 1.82) is 0 Å². The minimum atomic E-state index is -3.60. The molecule has 1 N–H and O–H groups in total. The quantitative estimate of drug-likeness (QED) is 0.602. The second kappa shape index (κ2) is 9.86. The van der Waals surface area contributed by atoms with E-state index in [0.717, 1.165) is 0 Å². The van der Waals surface area contributed by atoms with Gasteiger partial charge in [0.05, 0.1) is 24.4 Å². The molecule has 1 fully saturated rings. The summed E-state index contributed by atoms with van der Waals surface area (Å²) in [5.41, 5.74) is 0. The topological polar surface area (TPSA) is 103 Å². The summed E-state index contributed by atoms with van der Waals surface area (Å²) >= 11 is 0. The molecule has 29 heavy (non-hydrogen) atoms. The number of hydrogen-bond acceptors (Lipinski definition) is 6. The molecule has 1 aliphatic rings. The third-order valence-electron chi connectivity index (χ3n) is 4.56. The summed E-state index contributed by atoms with van der Waals surface area (Å²) < 4.78 is 40.2. The number of nitrogens with zero attached hydrogens (tertiary/aromatic N) is 3. The number of nitrogens with one attached hydrogen (secondary N) is 1. The number of carbonyl (C=O) groups excluding carboxylic acids is 1. The molecular formula is C19H26N4O5S. The van der Waals surface area contributed by atoms with Gasteiger partial charge in [-0.1, -0.05) is 0 Å². The molecule has 0 unspecified atom stereocenters. The fourth-order valence-corrected chi connectivity index (χ4v) is 4.04. The normalized spacial score (nSPS) is 15.8. The third-order valence-corrected chi connectivity index (χ3v) is 6.04. The molecule has 0 saturated carbocycles. The van der Waals surface area contributed by atoms with Crippen LogP contribution in [0.15, 0.2) is 47.9 Å². The molecule has 0 radical (unpaired) electrons. The average Bonchev–Trinajstić information content (AvgIpc) is 3.25. The summed E-state index contributed by atoms with van der Waals surface area (Å²) in [5.74, 6) is 0.336. The first-order valence-corrected chi connectivity index (χ1v) is 11.0. The minimum Gasteiger partial charge on any atom is -0.481 e. The van der Waals surface area contributed by atoms with Crippen molar-refractivity contribution in [3.8, 4) is 5.75 Å². The number of aryl methyl sites for hydroxylation is 1. The highest BCUT2D eigenvalue weighted by atomic mass is 32.2. The number of carbonyl (C=O) groups is 1. The molecule has 0 aliphatic carbocycles. The number of imidazole rings is 1. The molecule has 1 aliphatic heterocycles. The molecule has 9 nitrogen and oxygen atoms in total. The first-order valence-electron chi connectivity index (χ1n) is 9.54. The Kier molecular flexibility index (Phi) is 7.24. The van der Waals surface area contributed by atoms with Crippen LogP contribution in [0.1, 0.15) is 13.3 Å². The van der Waals surface area contributed by atoms with Crippen LogP contribution in [0.2, 0.25) is 0 Å². The van der Waals surface area contributed by atoms with Gasteiger partial charge in [-0.15, -0.1) is 0 Å². The van der Waals surface area contributed by atoms with Gasteiger partial charge in [0.2, 0.25) is 10.0 Å². The highest BCUT2D eigenvalue weighted by Crippen LogP contribution is 2.18. The van der Waals surface area contributed by atoms with Crippen LogP contribution in [0, 0.1) is 0 Å². The average molecular weight is 423 g/mol. The molecular weight excluding hydrogens is 396 g/mol. The lowest BCUT2D eigenvalue weighted by atomic mass is 10.3. The highest BCUT2D eigenvalue weighted by molar-refractivity contribution is 7.89. The monoisotopic (exact) mass is 422 g/mol. The van der Waals surface area contributed by atoms with E-state index in [0.29, 0.717) is 51.6 Å². The van der Waals surface area contributed by atoms with E-state index in [2.05, 4.69) is 9.71 Å². The molecule has 158 valence electrons. The Labute approximate surface area is 170 Å². The zero-order chi connectivity index (χ0) is 20.7. The number of morpholine rings is 1. The van der Waals surface area contributed by atoms with E-state index in [-0.39, 0.29) is 10.8 Å². The smallest absolute Gasteiger partial charge is 0.263 e. The van der Waals surface area contributed by atoms with Gasteiger partial charge in [-0.2, -0.15) is 0 Å². The van der Waals surface area contributed by atoms with Crippen LogP contribution in [-0.4, -0.2) is 67.7 Å². The highest BCUT2D eigenvalue weighted by Gasteiger charge is 2.24. The van der Waals surface area contributed by atoms with Crippen molar-refractivity contribution in [2.45, 2.75) is 30.9 Å². The molecule has 1 atom stereocenters. The summed E-state index contributed by atoms with van der Waals surface area (Å²) in [6.45, 7) is 4.85. The van der Waals surface area contributed by atoms with E-state index >= 15 is 0 Å². The predicted molar refractivity (Wildman–Crippen MR) is 106 cm³/mol. The SMILES string of the molecule is C[C@H](Oc1ccc(S(=O)(=O)NCCCn2ccnc2)cc1)C(=O)N1CCOCC1. The van der Waals surface area contributed by atoms with Crippen LogP contribution in [0.3, 0.4) is 0 Å². The van der Waals surface area contributed by atoms with Crippen molar-refractivity contribution in [3.63, 3.8) is 0 Å². The molecule has 2 heterocycles. The molecule has 0 spiro atoms. The molecule has 3 rings (SSSR count). The fourth-order valence-electron chi connectivity index (χ4n) is 2.96. The van der Waals surface area contributed by atoms with Gasteiger partial charge < -0.3 is 18.9 Å². The molecule has 2 aromatic rings. The van der Waals surface area contributed by atoms with Crippen molar-refractivity contribution in [3.05, 3.63) is 43.0 Å². The Morgan fingerprint density at radius 2 is 2.00 bits per heavy atom. The first kappa shape index (κ1) is 21.3. The third kappa shape index (κ3) is 6.02. The molecule has 0 bridgehead atoms. The summed E-state index contributed by atoms with van der Waals surface area (Å²) in [6, 6.07) is 6.06. The van der Waals surface area contributed by atoms with Crippen LogP contribution in [0.4, 0.5) is 0 Å². The van der Waals surface area contributed by atoms with Crippen molar-refractivity contribution in [2.24, 2.45) is 0 Å². The van der Waals surface area contributed by atoms with Crippen LogP contribution < -0.4 is 9.46 Å². The number of amides is 1. The molecule has 1 amide bonds. The van der Waals surface area contributed by atoms with Crippen molar-refractivity contribution < 1.29 is 22.7 Å². The maximum atomic E-state index is 12.4. The van der Waals surface area contributed by atoms with Crippen LogP contribution >= 0.6 is 0 Å². The van der Waals surface area contributed by atoms with E-state index in [4.69, 9.17) is 9.47 Å². The number of aromatic nitrogens is 2. The van der Waals surface area contributed by atoms with E-state index < -0.39 is 16.1 Å². The maximum absolute atomic E-state index is 12.4. The lowest BCUT2D eigenvalue weighted by molar-refractivity contribution is -0.142. The summed E-state index contributed by atoms with van der Waals surface area (Å²) in [4.78, 5) is 18.2. The number of rotatable bonds is 9. The van der Waals surface area contributed by atoms with E-state index in [9.17, 15) is 13.2 Å². The van der Waals surface area contributed by atoms with Gasteiger partial charge >= 0.3 is 0 Å². The maximum Gasteiger partial charge on any atom is 0.263 e. The number of ether oxygens (including phenoxy) is 2. The first-order chi connectivity index (χ1) is 14.0.